The van der Waals surface area contributed by atoms with E-state index >= 15 is 0 Å². The van der Waals surface area contributed by atoms with Crippen LogP contribution in [0, 0.1) is 0 Å². The van der Waals surface area contributed by atoms with Gasteiger partial charge in [0.1, 0.15) is 18.5 Å². The molecule has 2 atom stereocenters. The minimum Gasteiger partial charge on any atom is -0.491 e. The average molecular weight is 346 g/mol. The summed E-state index contributed by atoms with van der Waals surface area (Å²) in [5.74, 6) is 1.10. The van der Waals surface area contributed by atoms with Crippen molar-refractivity contribution in [2.45, 2.75) is 51.2 Å². The van der Waals surface area contributed by atoms with Gasteiger partial charge in [-0.15, -0.1) is 0 Å². The van der Waals surface area contributed by atoms with Crippen molar-refractivity contribution in [2.75, 3.05) is 32.8 Å². The molecule has 0 saturated carbocycles. The van der Waals surface area contributed by atoms with Gasteiger partial charge in [-0.1, -0.05) is 19.1 Å². The van der Waals surface area contributed by atoms with Crippen LogP contribution in [0.15, 0.2) is 24.3 Å². The standard InChI is InChI=1S/C20H30N2O3/c1-2-16-7-9-19(10-8-16)25-15-18(23)14-21-11-3-5-17(13-21)22-12-4-6-20(22)24/h7-10,17-18,23H,2-6,11-15H2,1H3. The molecular formula is C20H30N2O3. The van der Waals surface area contributed by atoms with Crippen molar-refractivity contribution in [2.24, 2.45) is 0 Å². The van der Waals surface area contributed by atoms with Crippen molar-refractivity contribution in [3.8, 4) is 5.75 Å². The van der Waals surface area contributed by atoms with Gasteiger partial charge in [-0.05, 0) is 49.9 Å². The van der Waals surface area contributed by atoms with E-state index in [1.165, 1.54) is 5.56 Å². The highest BCUT2D eigenvalue weighted by Gasteiger charge is 2.31. The molecule has 1 aromatic rings. The van der Waals surface area contributed by atoms with Crippen molar-refractivity contribution in [1.82, 2.24) is 9.80 Å². The molecule has 2 heterocycles. The zero-order valence-corrected chi connectivity index (χ0v) is 15.2. The molecule has 5 nitrogen and oxygen atoms in total. The zero-order chi connectivity index (χ0) is 17.6. The maximum atomic E-state index is 11.9. The maximum absolute atomic E-state index is 11.9. The first-order valence-corrected chi connectivity index (χ1v) is 9.57. The SMILES string of the molecule is CCc1ccc(OCC(O)CN2CCCC(N3CCCC3=O)C2)cc1. The minimum absolute atomic E-state index is 0.297. The van der Waals surface area contributed by atoms with Crippen LogP contribution in [0.1, 0.15) is 38.2 Å². The quantitative estimate of drug-likeness (QED) is 0.821. The molecule has 138 valence electrons. The van der Waals surface area contributed by atoms with Crippen molar-refractivity contribution in [1.29, 1.82) is 0 Å². The smallest absolute Gasteiger partial charge is 0.222 e. The second kappa shape index (κ2) is 8.68. The number of likely N-dealkylation sites (tertiary alicyclic amines) is 2. The van der Waals surface area contributed by atoms with E-state index in [9.17, 15) is 9.90 Å². The summed E-state index contributed by atoms with van der Waals surface area (Å²) in [6.07, 6.45) is 4.35. The number of amides is 1. The lowest BCUT2D eigenvalue weighted by Crippen LogP contribution is -2.50. The van der Waals surface area contributed by atoms with E-state index in [1.807, 2.05) is 17.0 Å². The topological polar surface area (TPSA) is 53.0 Å². The van der Waals surface area contributed by atoms with E-state index in [0.29, 0.717) is 31.5 Å². The number of carbonyl (C=O) groups is 1. The molecule has 25 heavy (non-hydrogen) atoms. The Hall–Kier alpha value is -1.59. The maximum Gasteiger partial charge on any atom is 0.222 e. The molecule has 1 aromatic carbocycles. The Balaban J connectivity index is 1.43. The number of aliphatic hydroxyl groups excluding tert-OH is 1. The fourth-order valence-corrected chi connectivity index (χ4v) is 3.87. The lowest BCUT2D eigenvalue weighted by molar-refractivity contribution is -0.130. The van der Waals surface area contributed by atoms with Crippen LogP contribution >= 0.6 is 0 Å². The third-order valence-electron chi connectivity index (χ3n) is 5.27. The van der Waals surface area contributed by atoms with Crippen molar-refractivity contribution < 1.29 is 14.6 Å². The Morgan fingerprint density at radius 2 is 2.04 bits per heavy atom. The number of aliphatic hydroxyl groups is 1. The summed E-state index contributed by atoms with van der Waals surface area (Å²) in [6.45, 7) is 5.79. The third-order valence-corrected chi connectivity index (χ3v) is 5.27. The van der Waals surface area contributed by atoms with Gasteiger partial charge in [0, 0.05) is 32.1 Å². The minimum atomic E-state index is -0.515. The van der Waals surface area contributed by atoms with E-state index < -0.39 is 6.10 Å². The van der Waals surface area contributed by atoms with Gasteiger partial charge in [0.25, 0.3) is 0 Å². The molecular weight excluding hydrogens is 316 g/mol. The molecule has 5 heteroatoms. The summed E-state index contributed by atoms with van der Waals surface area (Å²) in [7, 11) is 0. The van der Waals surface area contributed by atoms with Crippen LogP contribution in [0.5, 0.6) is 5.75 Å². The van der Waals surface area contributed by atoms with Gasteiger partial charge < -0.3 is 14.7 Å². The van der Waals surface area contributed by atoms with Gasteiger partial charge in [0.2, 0.25) is 5.91 Å². The van der Waals surface area contributed by atoms with Crippen LogP contribution < -0.4 is 4.74 Å². The predicted octanol–water partition coefficient (Wildman–Crippen LogP) is 2.08. The first-order chi connectivity index (χ1) is 12.2. The first-order valence-electron chi connectivity index (χ1n) is 9.57. The molecule has 0 aliphatic carbocycles. The normalized spacial score (nSPS) is 23.0. The van der Waals surface area contributed by atoms with Gasteiger partial charge >= 0.3 is 0 Å². The Morgan fingerprint density at radius 1 is 1.24 bits per heavy atom. The number of β-amino-alcohol motifs (C(OH)–C–C–N with tert-alkyl or cyclic N) is 1. The van der Waals surface area contributed by atoms with Gasteiger partial charge in [-0.3, -0.25) is 9.69 Å². The number of carbonyl (C=O) groups excluding carboxylic acids is 1. The summed E-state index contributed by atoms with van der Waals surface area (Å²) in [6, 6.07) is 8.36. The van der Waals surface area contributed by atoms with Crippen LogP contribution in [-0.4, -0.2) is 65.7 Å². The fourth-order valence-electron chi connectivity index (χ4n) is 3.87. The van der Waals surface area contributed by atoms with Crippen LogP contribution in [0.25, 0.3) is 0 Å². The highest BCUT2D eigenvalue weighted by Crippen LogP contribution is 2.21. The van der Waals surface area contributed by atoms with Gasteiger partial charge in [-0.25, -0.2) is 0 Å². The van der Waals surface area contributed by atoms with Gasteiger partial charge in [0.15, 0.2) is 0 Å². The second-order valence-corrected chi connectivity index (χ2v) is 7.21. The van der Waals surface area contributed by atoms with Crippen molar-refractivity contribution in [3.05, 3.63) is 29.8 Å². The molecule has 2 aliphatic heterocycles. The molecule has 2 unspecified atom stereocenters. The second-order valence-electron chi connectivity index (χ2n) is 7.21. The summed E-state index contributed by atoms with van der Waals surface area (Å²) in [5.41, 5.74) is 1.28. The van der Waals surface area contributed by atoms with E-state index in [-0.39, 0.29) is 0 Å². The molecule has 3 rings (SSSR count). The van der Waals surface area contributed by atoms with Crippen LogP contribution in [0.2, 0.25) is 0 Å². The van der Waals surface area contributed by atoms with Crippen LogP contribution in [-0.2, 0) is 11.2 Å². The number of hydrogen-bond acceptors (Lipinski definition) is 4. The molecule has 0 bridgehead atoms. The Bertz CT molecular complexity index is 561. The lowest BCUT2D eigenvalue weighted by atomic mass is 10.0. The third kappa shape index (κ3) is 4.95. The van der Waals surface area contributed by atoms with E-state index in [1.54, 1.807) is 0 Å². The number of aryl methyl sites for hydroxylation is 1. The molecule has 0 spiro atoms. The van der Waals surface area contributed by atoms with Crippen LogP contribution in [0.3, 0.4) is 0 Å². The Labute approximate surface area is 150 Å². The lowest BCUT2D eigenvalue weighted by Gasteiger charge is -2.38. The predicted molar refractivity (Wildman–Crippen MR) is 97.7 cm³/mol. The summed E-state index contributed by atoms with van der Waals surface area (Å²) < 4.78 is 5.71. The largest absolute Gasteiger partial charge is 0.491 e. The molecule has 0 aromatic heterocycles. The average Bonchev–Trinajstić information content (AvgIpc) is 3.06. The molecule has 0 radical (unpaired) electrons. The highest BCUT2D eigenvalue weighted by atomic mass is 16.5. The highest BCUT2D eigenvalue weighted by molar-refractivity contribution is 5.78. The number of rotatable bonds is 7. The molecule has 1 N–H and O–H groups in total. The number of nitrogens with zero attached hydrogens (tertiary/aromatic N) is 2. The first kappa shape index (κ1) is 18.2. The number of piperidine rings is 1. The van der Waals surface area contributed by atoms with E-state index in [2.05, 4.69) is 24.0 Å². The fraction of sp³-hybridized carbons (Fsp3) is 0.650. The Kier molecular flexibility index (Phi) is 6.32. The summed E-state index contributed by atoms with van der Waals surface area (Å²) >= 11 is 0. The number of benzene rings is 1. The molecule has 2 aliphatic rings. The van der Waals surface area contributed by atoms with Gasteiger partial charge in [-0.2, -0.15) is 0 Å². The molecule has 2 fully saturated rings. The molecule has 2 saturated heterocycles. The van der Waals surface area contributed by atoms with Crippen molar-refractivity contribution in [3.63, 3.8) is 0 Å². The molecule has 1 amide bonds. The number of hydrogen-bond donors (Lipinski definition) is 1. The van der Waals surface area contributed by atoms with Gasteiger partial charge in [0.05, 0.1) is 0 Å². The van der Waals surface area contributed by atoms with E-state index in [4.69, 9.17) is 4.74 Å². The van der Waals surface area contributed by atoms with Crippen molar-refractivity contribution >= 4 is 5.91 Å². The Morgan fingerprint density at radius 3 is 2.72 bits per heavy atom. The number of ether oxygens (including phenoxy) is 1. The zero-order valence-electron chi connectivity index (χ0n) is 15.2. The summed E-state index contributed by atoms with van der Waals surface area (Å²) in [5, 5.41) is 10.3. The monoisotopic (exact) mass is 346 g/mol. The summed E-state index contributed by atoms with van der Waals surface area (Å²) in [4.78, 5) is 16.3. The van der Waals surface area contributed by atoms with E-state index in [0.717, 1.165) is 51.1 Å². The van der Waals surface area contributed by atoms with Crippen LogP contribution in [0.4, 0.5) is 0 Å².